The van der Waals surface area contributed by atoms with E-state index in [1.807, 2.05) is 6.07 Å². The van der Waals surface area contributed by atoms with Crippen LogP contribution in [0.25, 0.3) is 0 Å². The van der Waals surface area contributed by atoms with Crippen molar-refractivity contribution in [2.24, 2.45) is 11.7 Å². The van der Waals surface area contributed by atoms with Crippen molar-refractivity contribution < 1.29 is 19.1 Å². The van der Waals surface area contributed by atoms with Crippen LogP contribution in [0.3, 0.4) is 0 Å². The number of benzene rings is 1. The minimum Gasteiger partial charge on any atom is -0.451 e. The lowest BCUT2D eigenvalue weighted by Crippen LogP contribution is -2.20. The van der Waals surface area contributed by atoms with Crippen LogP contribution >= 0.6 is 11.3 Å². The summed E-state index contributed by atoms with van der Waals surface area (Å²) in [6.07, 6.45) is 3.12. The minimum absolute atomic E-state index is 0.352. The van der Waals surface area contributed by atoms with E-state index in [1.165, 1.54) is 33.9 Å². The van der Waals surface area contributed by atoms with Crippen LogP contribution in [-0.4, -0.2) is 24.4 Å². The number of hydrogen-bond acceptors (Lipinski definition) is 5. The molecule has 3 rings (SSSR count). The molecule has 0 saturated heterocycles. The molecule has 2 aromatic rings. The van der Waals surface area contributed by atoms with Crippen LogP contribution in [0.15, 0.2) is 30.3 Å². The van der Waals surface area contributed by atoms with Gasteiger partial charge in [0.25, 0.3) is 5.91 Å². The lowest BCUT2D eigenvalue weighted by atomic mass is 9.90. The molecule has 0 spiro atoms. The Morgan fingerprint density at radius 2 is 2.00 bits per heavy atom. The Labute approximate surface area is 155 Å². The average molecular weight is 372 g/mol. The topological polar surface area (TPSA) is 98.5 Å². The minimum atomic E-state index is -0.537. The molecule has 0 bridgehead atoms. The molecule has 0 fully saturated rings. The molecular formula is C19H20N2O4S. The SMILES string of the molecule is CC1CCc2sc(C(=O)OCC(=O)Nc3ccc(C(N)=O)cc3)cc2C1. The average Bonchev–Trinajstić information content (AvgIpc) is 3.03. The molecule has 1 unspecified atom stereocenters. The largest absolute Gasteiger partial charge is 0.451 e. The van der Waals surface area contributed by atoms with E-state index in [0.717, 1.165) is 19.3 Å². The van der Waals surface area contributed by atoms with Gasteiger partial charge in [0, 0.05) is 16.1 Å². The summed E-state index contributed by atoms with van der Waals surface area (Å²) in [6, 6.07) is 8.04. The number of hydrogen-bond donors (Lipinski definition) is 2. The number of esters is 1. The number of fused-ring (bicyclic) bond motifs is 1. The van der Waals surface area contributed by atoms with Crippen LogP contribution in [0.1, 0.15) is 43.8 Å². The highest BCUT2D eigenvalue weighted by Crippen LogP contribution is 2.32. The quantitative estimate of drug-likeness (QED) is 0.789. The summed E-state index contributed by atoms with van der Waals surface area (Å²) < 4.78 is 5.11. The number of carbonyl (C=O) groups is 3. The summed E-state index contributed by atoms with van der Waals surface area (Å²) in [5.41, 5.74) is 7.23. The number of carbonyl (C=O) groups excluding carboxylic acids is 3. The van der Waals surface area contributed by atoms with Crippen LogP contribution in [0.2, 0.25) is 0 Å². The molecule has 0 saturated carbocycles. The number of rotatable bonds is 5. The smallest absolute Gasteiger partial charge is 0.348 e. The lowest BCUT2D eigenvalue weighted by molar-refractivity contribution is -0.119. The molecule has 0 radical (unpaired) electrons. The molecule has 1 aliphatic carbocycles. The van der Waals surface area contributed by atoms with Gasteiger partial charge in [-0.25, -0.2) is 4.79 Å². The monoisotopic (exact) mass is 372 g/mol. The Hall–Kier alpha value is -2.67. The fraction of sp³-hybridized carbons (Fsp3) is 0.316. The Kier molecular flexibility index (Phi) is 5.37. The maximum absolute atomic E-state index is 12.2. The predicted octanol–water partition coefficient (Wildman–Crippen LogP) is 2.77. The number of ether oxygens (including phenoxy) is 1. The van der Waals surface area contributed by atoms with E-state index in [9.17, 15) is 14.4 Å². The van der Waals surface area contributed by atoms with Crippen molar-refractivity contribution in [2.45, 2.75) is 26.2 Å². The fourth-order valence-corrected chi connectivity index (χ4v) is 4.03. The van der Waals surface area contributed by atoms with Crippen molar-refractivity contribution in [1.29, 1.82) is 0 Å². The van der Waals surface area contributed by atoms with Crippen LogP contribution in [0, 0.1) is 5.92 Å². The maximum atomic E-state index is 12.2. The van der Waals surface area contributed by atoms with E-state index in [0.29, 0.717) is 22.0 Å². The van der Waals surface area contributed by atoms with Gasteiger partial charge in [-0.1, -0.05) is 6.92 Å². The number of thiophene rings is 1. The van der Waals surface area contributed by atoms with E-state index in [2.05, 4.69) is 12.2 Å². The van der Waals surface area contributed by atoms with E-state index in [-0.39, 0.29) is 6.61 Å². The van der Waals surface area contributed by atoms with E-state index in [1.54, 1.807) is 12.1 Å². The maximum Gasteiger partial charge on any atom is 0.348 e. The highest BCUT2D eigenvalue weighted by atomic mass is 32.1. The van der Waals surface area contributed by atoms with Crippen molar-refractivity contribution in [3.63, 3.8) is 0 Å². The molecule has 2 amide bonds. The van der Waals surface area contributed by atoms with Crippen molar-refractivity contribution in [2.75, 3.05) is 11.9 Å². The zero-order chi connectivity index (χ0) is 18.7. The van der Waals surface area contributed by atoms with Crippen molar-refractivity contribution in [3.05, 3.63) is 51.2 Å². The molecule has 6 nitrogen and oxygen atoms in total. The van der Waals surface area contributed by atoms with Gasteiger partial charge in [0.2, 0.25) is 5.91 Å². The van der Waals surface area contributed by atoms with Gasteiger partial charge in [0.15, 0.2) is 6.61 Å². The lowest BCUT2D eigenvalue weighted by Gasteiger charge is -2.16. The zero-order valence-electron chi connectivity index (χ0n) is 14.4. The van der Waals surface area contributed by atoms with Crippen LogP contribution < -0.4 is 11.1 Å². The standard InChI is InChI=1S/C19H20N2O4S/c1-11-2-7-15-13(8-11)9-16(26-15)19(24)25-10-17(22)21-14-5-3-12(4-6-14)18(20)23/h3-6,9,11H,2,7-8,10H2,1H3,(H2,20,23)(H,21,22). The normalized spacial score (nSPS) is 15.8. The number of nitrogens with two attached hydrogens (primary N) is 1. The Balaban J connectivity index is 1.52. The van der Waals surface area contributed by atoms with Gasteiger partial charge >= 0.3 is 5.97 Å². The summed E-state index contributed by atoms with van der Waals surface area (Å²) in [7, 11) is 0. The molecule has 0 aliphatic heterocycles. The van der Waals surface area contributed by atoms with E-state index < -0.39 is 17.8 Å². The first kappa shape index (κ1) is 18.1. The summed E-state index contributed by atoms with van der Waals surface area (Å²) in [5, 5.41) is 2.60. The highest BCUT2D eigenvalue weighted by molar-refractivity contribution is 7.14. The first-order chi connectivity index (χ1) is 12.4. The van der Waals surface area contributed by atoms with Gasteiger partial charge in [0.05, 0.1) is 0 Å². The molecule has 136 valence electrons. The Bertz CT molecular complexity index is 842. The van der Waals surface area contributed by atoms with Crippen molar-refractivity contribution in [3.8, 4) is 0 Å². The third kappa shape index (κ3) is 4.29. The summed E-state index contributed by atoms with van der Waals surface area (Å²) >= 11 is 1.46. The van der Waals surface area contributed by atoms with Gasteiger partial charge in [0.1, 0.15) is 4.88 Å². The zero-order valence-corrected chi connectivity index (χ0v) is 15.2. The first-order valence-electron chi connectivity index (χ1n) is 8.41. The molecule has 1 aromatic carbocycles. The molecule has 7 heteroatoms. The van der Waals surface area contributed by atoms with Gasteiger partial charge in [-0.05, 0) is 61.1 Å². The molecule has 1 aromatic heterocycles. The van der Waals surface area contributed by atoms with Crippen molar-refractivity contribution >= 4 is 34.8 Å². The van der Waals surface area contributed by atoms with Crippen LogP contribution in [0.4, 0.5) is 5.69 Å². The molecule has 1 aliphatic rings. The number of anilines is 1. The van der Waals surface area contributed by atoms with Gasteiger partial charge < -0.3 is 15.8 Å². The van der Waals surface area contributed by atoms with Crippen LogP contribution in [-0.2, 0) is 22.4 Å². The third-order valence-electron chi connectivity index (χ3n) is 4.32. The Morgan fingerprint density at radius 3 is 2.69 bits per heavy atom. The number of nitrogens with one attached hydrogen (secondary N) is 1. The van der Waals surface area contributed by atoms with E-state index in [4.69, 9.17) is 10.5 Å². The molecule has 26 heavy (non-hydrogen) atoms. The molecule has 1 atom stereocenters. The number of aryl methyl sites for hydroxylation is 1. The summed E-state index contributed by atoms with van der Waals surface area (Å²) in [5.74, 6) is -0.825. The summed E-state index contributed by atoms with van der Waals surface area (Å²) in [4.78, 5) is 36.9. The van der Waals surface area contributed by atoms with Gasteiger partial charge in [-0.3, -0.25) is 9.59 Å². The van der Waals surface area contributed by atoms with E-state index >= 15 is 0 Å². The molecular weight excluding hydrogens is 352 g/mol. The molecule has 1 heterocycles. The second kappa shape index (κ2) is 7.70. The molecule has 3 N–H and O–H groups in total. The highest BCUT2D eigenvalue weighted by Gasteiger charge is 2.21. The third-order valence-corrected chi connectivity index (χ3v) is 5.54. The second-order valence-corrected chi connectivity index (χ2v) is 7.61. The number of amides is 2. The fourth-order valence-electron chi connectivity index (χ4n) is 2.92. The first-order valence-corrected chi connectivity index (χ1v) is 9.22. The van der Waals surface area contributed by atoms with Gasteiger partial charge in [-0.2, -0.15) is 0 Å². The number of primary amides is 1. The predicted molar refractivity (Wildman–Crippen MR) is 99.4 cm³/mol. The summed E-state index contributed by atoms with van der Waals surface area (Å²) in [6.45, 7) is 1.84. The van der Waals surface area contributed by atoms with Gasteiger partial charge in [-0.15, -0.1) is 11.3 Å². The second-order valence-electron chi connectivity index (χ2n) is 6.47. The van der Waals surface area contributed by atoms with Crippen molar-refractivity contribution in [1.82, 2.24) is 0 Å². The van der Waals surface area contributed by atoms with Crippen LogP contribution in [0.5, 0.6) is 0 Å². The Morgan fingerprint density at radius 1 is 1.27 bits per heavy atom.